The Balaban J connectivity index is 3.02. The molecule has 11 heavy (non-hydrogen) atoms. The second kappa shape index (κ2) is 6.88. The highest BCUT2D eigenvalue weighted by molar-refractivity contribution is 14.2. The van der Waals surface area contributed by atoms with Crippen molar-refractivity contribution in [3.8, 4) is 0 Å². The summed E-state index contributed by atoms with van der Waals surface area (Å²) >= 11 is 4.16. The van der Waals surface area contributed by atoms with Gasteiger partial charge < -0.3 is 5.11 Å². The molecule has 0 atom stereocenters. The van der Waals surface area contributed by atoms with Gasteiger partial charge in [0.1, 0.15) is 0 Å². The van der Waals surface area contributed by atoms with Crippen molar-refractivity contribution < 1.29 is 5.11 Å². The van der Waals surface area contributed by atoms with E-state index in [1.807, 2.05) is 0 Å². The zero-order chi connectivity index (χ0) is 8.74. The number of aliphatic hydroxyl groups is 1. The summed E-state index contributed by atoms with van der Waals surface area (Å²) in [5.74, 6) is 0. The molecule has 68 valence electrons. The third-order valence-corrected chi connectivity index (χ3v) is 2.66. The van der Waals surface area contributed by atoms with Crippen LogP contribution in [-0.4, -0.2) is 6.72 Å². The van der Waals surface area contributed by atoms with Crippen LogP contribution < -0.4 is 0 Å². The molecule has 0 amide bonds. The summed E-state index contributed by atoms with van der Waals surface area (Å²) in [5, 5.41) is 9.35. The SMILES string of the molecule is CCCCCCCC(O)(I)I. The Labute approximate surface area is 96.6 Å². The molecule has 0 bridgehead atoms. The van der Waals surface area contributed by atoms with Crippen LogP contribution in [0.4, 0.5) is 0 Å². The lowest BCUT2D eigenvalue weighted by atomic mass is 10.1. The second-order valence-corrected chi connectivity index (χ2v) is 8.46. The molecular formula is C8H16I2O. The molecule has 0 radical (unpaired) electrons. The zero-order valence-electron chi connectivity index (χ0n) is 6.95. The van der Waals surface area contributed by atoms with Crippen molar-refractivity contribution in [1.82, 2.24) is 0 Å². The molecular weight excluding hydrogens is 366 g/mol. The van der Waals surface area contributed by atoms with E-state index < -0.39 is 1.61 Å². The predicted molar refractivity (Wildman–Crippen MR) is 66.4 cm³/mol. The smallest absolute Gasteiger partial charge is 0.166 e. The van der Waals surface area contributed by atoms with E-state index in [1.54, 1.807) is 0 Å². The van der Waals surface area contributed by atoms with Crippen molar-refractivity contribution in [2.24, 2.45) is 0 Å². The molecule has 0 heterocycles. The zero-order valence-corrected chi connectivity index (χ0v) is 11.3. The second-order valence-electron chi connectivity index (χ2n) is 2.83. The molecule has 0 saturated carbocycles. The first kappa shape index (κ1) is 12.4. The fourth-order valence-corrected chi connectivity index (χ4v) is 1.70. The maximum Gasteiger partial charge on any atom is 0.166 e. The van der Waals surface area contributed by atoms with Crippen LogP contribution in [0.3, 0.4) is 0 Å². The van der Waals surface area contributed by atoms with E-state index in [-0.39, 0.29) is 0 Å². The van der Waals surface area contributed by atoms with Gasteiger partial charge in [0.15, 0.2) is 1.61 Å². The first-order valence-electron chi connectivity index (χ1n) is 4.16. The van der Waals surface area contributed by atoms with E-state index in [4.69, 9.17) is 0 Å². The Morgan fingerprint density at radius 3 is 2.09 bits per heavy atom. The summed E-state index contributed by atoms with van der Waals surface area (Å²) < 4.78 is -0.512. The molecule has 3 heteroatoms. The first-order valence-corrected chi connectivity index (χ1v) is 6.32. The van der Waals surface area contributed by atoms with Gasteiger partial charge in [-0.05, 0) is 58.0 Å². The molecule has 0 spiro atoms. The van der Waals surface area contributed by atoms with Gasteiger partial charge in [0, 0.05) is 0 Å². The van der Waals surface area contributed by atoms with Crippen molar-refractivity contribution >= 4 is 45.2 Å². The molecule has 0 aliphatic carbocycles. The molecule has 0 unspecified atom stereocenters. The highest BCUT2D eigenvalue weighted by Crippen LogP contribution is 2.29. The minimum atomic E-state index is -0.512. The van der Waals surface area contributed by atoms with Gasteiger partial charge in [-0.3, -0.25) is 0 Å². The number of hydrogen-bond acceptors (Lipinski definition) is 1. The van der Waals surface area contributed by atoms with Crippen LogP contribution in [-0.2, 0) is 0 Å². The number of rotatable bonds is 6. The summed E-state index contributed by atoms with van der Waals surface area (Å²) in [6, 6.07) is 0. The van der Waals surface area contributed by atoms with E-state index in [0.29, 0.717) is 0 Å². The highest BCUT2D eigenvalue weighted by atomic mass is 127. The molecule has 0 aromatic heterocycles. The van der Waals surface area contributed by atoms with Crippen molar-refractivity contribution in [3.63, 3.8) is 0 Å². The maximum atomic E-state index is 9.35. The lowest BCUT2D eigenvalue weighted by Gasteiger charge is -2.11. The average Bonchev–Trinajstić information content (AvgIpc) is 1.85. The van der Waals surface area contributed by atoms with Crippen molar-refractivity contribution in [2.75, 3.05) is 0 Å². The summed E-state index contributed by atoms with van der Waals surface area (Å²) in [4.78, 5) is 0. The van der Waals surface area contributed by atoms with Crippen LogP contribution in [0.25, 0.3) is 0 Å². The summed E-state index contributed by atoms with van der Waals surface area (Å²) in [7, 11) is 0. The number of alkyl halides is 2. The van der Waals surface area contributed by atoms with Crippen LogP contribution in [0.5, 0.6) is 0 Å². The fraction of sp³-hybridized carbons (Fsp3) is 1.00. The Morgan fingerprint density at radius 1 is 1.09 bits per heavy atom. The summed E-state index contributed by atoms with van der Waals surface area (Å²) in [6.45, 7) is 2.22. The van der Waals surface area contributed by atoms with E-state index in [1.165, 1.54) is 25.7 Å². The molecule has 0 fully saturated rings. The van der Waals surface area contributed by atoms with Crippen LogP contribution in [0, 0.1) is 0 Å². The topological polar surface area (TPSA) is 20.2 Å². The molecule has 0 rings (SSSR count). The third-order valence-electron chi connectivity index (χ3n) is 1.58. The summed E-state index contributed by atoms with van der Waals surface area (Å²) in [6.07, 6.45) is 7.28. The Morgan fingerprint density at radius 2 is 1.64 bits per heavy atom. The summed E-state index contributed by atoms with van der Waals surface area (Å²) in [5.41, 5.74) is 0. The highest BCUT2D eigenvalue weighted by Gasteiger charge is 2.15. The van der Waals surface area contributed by atoms with Gasteiger partial charge in [-0.1, -0.05) is 32.6 Å². The van der Waals surface area contributed by atoms with Crippen LogP contribution in [0.1, 0.15) is 45.4 Å². The maximum absolute atomic E-state index is 9.35. The largest absolute Gasteiger partial charge is 0.371 e. The van der Waals surface area contributed by atoms with Crippen molar-refractivity contribution in [2.45, 2.75) is 47.1 Å². The number of unbranched alkanes of at least 4 members (excludes halogenated alkanes) is 4. The normalized spacial score (nSPS) is 12.0. The average molecular weight is 382 g/mol. The van der Waals surface area contributed by atoms with E-state index >= 15 is 0 Å². The van der Waals surface area contributed by atoms with Gasteiger partial charge >= 0.3 is 0 Å². The van der Waals surface area contributed by atoms with Crippen molar-refractivity contribution in [3.05, 3.63) is 0 Å². The van der Waals surface area contributed by atoms with E-state index in [9.17, 15) is 5.11 Å². The molecule has 0 aliphatic rings. The van der Waals surface area contributed by atoms with Crippen LogP contribution in [0.2, 0.25) is 0 Å². The fourth-order valence-electron chi connectivity index (χ4n) is 0.941. The number of hydrogen-bond donors (Lipinski definition) is 1. The molecule has 0 aromatic rings. The monoisotopic (exact) mass is 382 g/mol. The Kier molecular flexibility index (Phi) is 7.77. The van der Waals surface area contributed by atoms with Crippen molar-refractivity contribution in [1.29, 1.82) is 0 Å². The van der Waals surface area contributed by atoms with Gasteiger partial charge in [0.2, 0.25) is 0 Å². The first-order chi connectivity index (χ1) is 5.06. The molecule has 1 N–H and O–H groups in total. The van der Waals surface area contributed by atoms with Gasteiger partial charge in [0.05, 0.1) is 0 Å². The molecule has 0 aromatic carbocycles. The Bertz CT molecular complexity index is 88.6. The lowest BCUT2D eigenvalue weighted by molar-refractivity contribution is 0.247. The predicted octanol–water partition coefficient (Wildman–Crippen LogP) is 3.86. The van der Waals surface area contributed by atoms with Gasteiger partial charge in [-0.2, -0.15) is 0 Å². The molecule has 0 saturated heterocycles. The van der Waals surface area contributed by atoms with Gasteiger partial charge in [-0.15, -0.1) is 0 Å². The molecule has 0 aliphatic heterocycles. The lowest BCUT2D eigenvalue weighted by Crippen LogP contribution is -2.07. The minimum absolute atomic E-state index is 0.512. The standard InChI is InChI=1S/C8H16I2O/c1-2-3-4-5-6-7-8(9,10)11/h11H,2-7H2,1H3. The quantitative estimate of drug-likeness (QED) is 0.420. The molecule has 1 nitrogen and oxygen atoms in total. The van der Waals surface area contributed by atoms with Gasteiger partial charge in [-0.25, -0.2) is 0 Å². The van der Waals surface area contributed by atoms with E-state index in [0.717, 1.165) is 12.8 Å². The Hall–Kier alpha value is 1.42. The van der Waals surface area contributed by atoms with Crippen LogP contribution >= 0.6 is 45.2 Å². The van der Waals surface area contributed by atoms with E-state index in [2.05, 4.69) is 52.1 Å². The number of halogens is 2. The third kappa shape index (κ3) is 11.4. The minimum Gasteiger partial charge on any atom is -0.371 e. The van der Waals surface area contributed by atoms with Gasteiger partial charge in [0.25, 0.3) is 0 Å². The van der Waals surface area contributed by atoms with Crippen LogP contribution in [0.15, 0.2) is 0 Å².